The van der Waals surface area contributed by atoms with E-state index in [0.29, 0.717) is 49.8 Å². The minimum Gasteiger partial charge on any atom is -0.339 e. The van der Waals surface area contributed by atoms with Gasteiger partial charge in [0.15, 0.2) is 11.2 Å². The molecule has 0 saturated carbocycles. The van der Waals surface area contributed by atoms with Crippen LogP contribution < -0.4 is 16.1 Å². The Labute approximate surface area is 173 Å². The van der Waals surface area contributed by atoms with Crippen molar-refractivity contribution in [3.8, 4) is 0 Å². The third-order valence-corrected chi connectivity index (χ3v) is 5.83. The number of aromatic amines is 1. The lowest BCUT2D eigenvalue weighted by Gasteiger charge is -2.35. The number of nitrogens with zero attached hydrogens (tertiary/aromatic N) is 5. The first kappa shape index (κ1) is 19.9. The van der Waals surface area contributed by atoms with Gasteiger partial charge in [0.1, 0.15) is 0 Å². The number of aryl methyl sites for hydroxylation is 3. The molecule has 1 aromatic carbocycles. The average molecular weight is 410 g/mol. The molecule has 1 N–H and O–H groups in total. The topological polar surface area (TPSA) is 96.2 Å². The number of carbonyl (C=O) groups excluding carboxylic acids is 1. The van der Waals surface area contributed by atoms with Crippen molar-refractivity contribution in [2.45, 2.75) is 27.3 Å². The molecule has 0 unspecified atom stereocenters. The van der Waals surface area contributed by atoms with Crippen molar-refractivity contribution in [2.75, 3.05) is 31.1 Å². The van der Waals surface area contributed by atoms with Crippen molar-refractivity contribution in [3.05, 3.63) is 55.7 Å². The van der Waals surface area contributed by atoms with Gasteiger partial charge in [-0.1, -0.05) is 23.8 Å². The molecule has 0 atom stereocenters. The summed E-state index contributed by atoms with van der Waals surface area (Å²) in [6.45, 7) is 8.53. The monoisotopic (exact) mass is 410 g/mol. The van der Waals surface area contributed by atoms with Gasteiger partial charge >= 0.3 is 5.69 Å². The van der Waals surface area contributed by atoms with E-state index in [-0.39, 0.29) is 5.91 Å². The Kier molecular flexibility index (Phi) is 4.97. The van der Waals surface area contributed by atoms with E-state index in [1.54, 1.807) is 18.9 Å². The third kappa shape index (κ3) is 3.40. The van der Waals surface area contributed by atoms with Crippen LogP contribution in [0.15, 0.2) is 27.8 Å². The molecule has 1 fully saturated rings. The van der Waals surface area contributed by atoms with Crippen LogP contribution in [0.25, 0.3) is 11.2 Å². The second kappa shape index (κ2) is 7.47. The molecule has 1 saturated heterocycles. The molecule has 1 amide bonds. The lowest BCUT2D eigenvalue weighted by atomic mass is 10.1. The predicted molar refractivity (Wildman–Crippen MR) is 115 cm³/mol. The van der Waals surface area contributed by atoms with Gasteiger partial charge in [-0.25, -0.2) is 4.79 Å². The Hall–Kier alpha value is -3.36. The predicted octanol–water partition coefficient (Wildman–Crippen LogP) is 0.757. The van der Waals surface area contributed by atoms with Gasteiger partial charge in [0.2, 0.25) is 11.9 Å². The maximum absolute atomic E-state index is 12.8. The van der Waals surface area contributed by atoms with Crippen molar-refractivity contribution >= 4 is 23.0 Å². The molecular weight excluding hydrogens is 384 g/mol. The fraction of sp³-hybridized carbons (Fsp3) is 0.429. The van der Waals surface area contributed by atoms with Crippen molar-refractivity contribution in [3.63, 3.8) is 0 Å². The number of piperazine rings is 1. The van der Waals surface area contributed by atoms with Crippen LogP contribution in [0, 0.1) is 13.8 Å². The van der Waals surface area contributed by atoms with Crippen LogP contribution in [0.4, 0.5) is 5.95 Å². The Bertz CT molecular complexity index is 1240. The molecule has 4 rings (SSSR count). The summed E-state index contributed by atoms with van der Waals surface area (Å²) in [5, 5.41) is 0. The van der Waals surface area contributed by atoms with Gasteiger partial charge in [-0.3, -0.25) is 23.7 Å². The first-order valence-corrected chi connectivity index (χ1v) is 10.0. The Balaban J connectivity index is 1.86. The van der Waals surface area contributed by atoms with Crippen LogP contribution in [-0.4, -0.2) is 56.1 Å². The highest BCUT2D eigenvalue weighted by Crippen LogP contribution is 2.24. The molecule has 0 radical (unpaired) electrons. The SMILES string of the molecule is CC(=O)N1CCN(c2nc3c(c(=O)[nH]c(=O)n3C)n2Cc2cc(C)ccc2C)CC1. The van der Waals surface area contributed by atoms with E-state index < -0.39 is 11.2 Å². The van der Waals surface area contributed by atoms with Crippen LogP contribution in [0.2, 0.25) is 0 Å². The van der Waals surface area contributed by atoms with E-state index in [0.717, 1.165) is 16.7 Å². The number of benzene rings is 1. The van der Waals surface area contributed by atoms with E-state index in [1.165, 1.54) is 4.57 Å². The van der Waals surface area contributed by atoms with Crippen LogP contribution >= 0.6 is 0 Å². The second-order valence-electron chi connectivity index (χ2n) is 7.91. The number of amides is 1. The van der Waals surface area contributed by atoms with Gasteiger partial charge in [0.05, 0.1) is 6.54 Å². The van der Waals surface area contributed by atoms with Gasteiger partial charge in [0.25, 0.3) is 5.56 Å². The van der Waals surface area contributed by atoms with Gasteiger partial charge < -0.3 is 9.80 Å². The second-order valence-corrected chi connectivity index (χ2v) is 7.91. The summed E-state index contributed by atoms with van der Waals surface area (Å²) in [7, 11) is 1.60. The summed E-state index contributed by atoms with van der Waals surface area (Å²) in [5.74, 6) is 0.693. The molecule has 30 heavy (non-hydrogen) atoms. The van der Waals surface area contributed by atoms with Crippen LogP contribution in [-0.2, 0) is 18.4 Å². The number of aromatic nitrogens is 4. The number of nitrogens with one attached hydrogen (secondary N) is 1. The Morgan fingerprint density at radius 1 is 1.13 bits per heavy atom. The highest BCUT2D eigenvalue weighted by Gasteiger charge is 2.26. The third-order valence-electron chi connectivity index (χ3n) is 5.83. The zero-order valence-electron chi connectivity index (χ0n) is 17.7. The number of fused-ring (bicyclic) bond motifs is 1. The molecule has 9 nitrogen and oxygen atoms in total. The molecule has 3 aromatic rings. The standard InChI is InChI=1S/C21H26N6O3/c1-13-5-6-14(2)16(11-13)12-27-17-18(24(4)21(30)23-19(17)29)22-20(27)26-9-7-25(8-10-26)15(3)28/h5-6,11H,7-10,12H2,1-4H3,(H,23,29,30). The highest BCUT2D eigenvalue weighted by molar-refractivity contribution is 5.75. The summed E-state index contributed by atoms with van der Waals surface area (Å²) in [5.41, 5.74) is 3.15. The summed E-state index contributed by atoms with van der Waals surface area (Å²) in [6.07, 6.45) is 0. The minimum absolute atomic E-state index is 0.0531. The van der Waals surface area contributed by atoms with E-state index in [2.05, 4.69) is 28.1 Å². The lowest BCUT2D eigenvalue weighted by molar-refractivity contribution is -0.129. The molecule has 2 aromatic heterocycles. The first-order chi connectivity index (χ1) is 14.3. The minimum atomic E-state index is -0.489. The van der Waals surface area contributed by atoms with Gasteiger partial charge in [-0.05, 0) is 25.0 Å². The molecule has 158 valence electrons. The van der Waals surface area contributed by atoms with E-state index in [1.807, 2.05) is 18.4 Å². The lowest BCUT2D eigenvalue weighted by Crippen LogP contribution is -2.48. The Morgan fingerprint density at radius 2 is 1.83 bits per heavy atom. The number of hydrogen-bond donors (Lipinski definition) is 1. The van der Waals surface area contributed by atoms with Crippen molar-refractivity contribution < 1.29 is 4.79 Å². The summed E-state index contributed by atoms with van der Waals surface area (Å²) < 4.78 is 3.25. The number of imidazole rings is 1. The normalized spacial score (nSPS) is 14.5. The number of anilines is 1. The maximum atomic E-state index is 12.8. The quantitative estimate of drug-likeness (QED) is 0.688. The molecule has 1 aliphatic heterocycles. The van der Waals surface area contributed by atoms with Gasteiger partial charge in [-0.15, -0.1) is 0 Å². The zero-order valence-corrected chi connectivity index (χ0v) is 17.7. The van der Waals surface area contributed by atoms with Crippen LogP contribution in [0.3, 0.4) is 0 Å². The molecule has 1 aliphatic rings. The summed E-state index contributed by atoms with van der Waals surface area (Å²) in [4.78, 5) is 47.5. The molecular formula is C21H26N6O3. The summed E-state index contributed by atoms with van der Waals surface area (Å²) >= 11 is 0. The highest BCUT2D eigenvalue weighted by atomic mass is 16.2. The number of H-pyrrole nitrogens is 1. The van der Waals surface area contributed by atoms with Gasteiger partial charge in [-0.2, -0.15) is 4.98 Å². The molecule has 3 heterocycles. The number of hydrogen-bond acceptors (Lipinski definition) is 5. The largest absolute Gasteiger partial charge is 0.339 e. The fourth-order valence-corrected chi connectivity index (χ4v) is 3.98. The molecule has 0 aliphatic carbocycles. The van der Waals surface area contributed by atoms with Gasteiger partial charge in [0, 0.05) is 40.2 Å². The average Bonchev–Trinajstić information content (AvgIpc) is 3.09. The van der Waals surface area contributed by atoms with E-state index >= 15 is 0 Å². The van der Waals surface area contributed by atoms with Crippen LogP contribution in [0.1, 0.15) is 23.6 Å². The molecule has 0 spiro atoms. The Morgan fingerprint density at radius 3 is 2.50 bits per heavy atom. The maximum Gasteiger partial charge on any atom is 0.329 e. The molecule has 9 heteroatoms. The number of rotatable bonds is 3. The smallest absolute Gasteiger partial charge is 0.329 e. The van der Waals surface area contributed by atoms with Crippen molar-refractivity contribution in [1.82, 2.24) is 24.0 Å². The van der Waals surface area contributed by atoms with Crippen molar-refractivity contribution in [2.24, 2.45) is 7.05 Å². The zero-order chi connectivity index (χ0) is 21.6. The first-order valence-electron chi connectivity index (χ1n) is 10.0. The summed E-state index contributed by atoms with van der Waals surface area (Å²) in [6, 6.07) is 6.23. The van der Waals surface area contributed by atoms with Crippen molar-refractivity contribution in [1.29, 1.82) is 0 Å². The van der Waals surface area contributed by atoms with E-state index in [4.69, 9.17) is 4.98 Å². The fourth-order valence-electron chi connectivity index (χ4n) is 3.98. The van der Waals surface area contributed by atoms with E-state index in [9.17, 15) is 14.4 Å². The van der Waals surface area contributed by atoms with Crippen LogP contribution in [0.5, 0.6) is 0 Å². The number of carbonyl (C=O) groups is 1. The molecule has 0 bridgehead atoms.